The molecule has 0 aromatic heterocycles. The number of anilines is 2. The van der Waals surface area contributed by atoms with Gasteiger partial charge in [-0.1, -0.05) is 59.6 Å². The van der Waals surface area contributed by atoms with Crippen molar-refractivity contribution in [2.75, 3.05) is 23.8 Å². The Balaban J connectivity index is 1.67. The summed E-state index contributed by atoms with van der Waals surface area (Å²) in [5.74, 6) is 0.423. The Morgan fingerprint density at radius 1 is 1.00 bits per heavy atom. The number of carbonyl (C=O) groups excluding carboxylic acids is 2. The minimum atomic E-state index is -0.801. The van der Waals surface area contributed by atoms with Crippen LogP contribution in [0.25, 0.3) is 0 Å². The van der Waals surface area contributed by atoms with E-state index >= 15 is 0 Å². The molecule has 0 radical (unpaired) electrons. The molecule has 0 spiro atoms. The van der Waals surface area contributed by atoms with E-state index in [9.17, 15) is 9.59 Å². The number of nitrogens with one attached hydrogen (secondary N) is 3. The lowest BCUT2D eigenvalue weighted by Crippen LogP contribution is -2.50. The Morgan fingerprint density at radius 3 is 2.38 bits per heavy atom. The van der Waals surface area contributed by atoms with Crippen molar-refractivity contribution in [1.29, 1.82) is 0 Å². The van der Waals surface area contributed by atoms with E-state index in [1.807, 2.05) is 30.3 Å². The molecule has 0 bridgehead atoms. The van der Waals surface area contributed by atoms with Crippen LogP contribution in [0.2, 0.25) is 10.0 Å². The summed E-state index contributed by atoms with van der Waals surface area (Å²) in [6, 6.07) is 20.4. The molecule has 0 aliphatic rings. The van der Waals surface area contributed by atoms with Crippen LogP contribution in [0.3, 0.4) is 0 Å². The number of methoxy groups -OCH3 is 1. The first-order valence-corrected chi connectivity index (χ1v) is 11.8. The molecule has 0 heterocycles. The predicted octanol–water partition coefficient (Wildman–Crippen LogP) is 5.55. The molecule has 7 nitrogen and oxygen atoms in total. The van der Waals surface area contributed by atoms with E-state index in [1.165, 1.54) is 4.90 Å². The number of hydrogen-bond donors (Lipinski definition) is 3. The van der Waals surface area contributed by atoms with Gasteiger partial charge in [-0.05, 0) is 42.0 Å². The highest BCUT2D eigenvalue weighted by atomic mass is 35.5. The van der Waals surface area contributed by atoms with Crippen molar-refractivity contribution >= 4 is 58.6 Å². The summed E-state index contributed by atoms with van der Waals surface area (Å²) in [5, 5.41) is 3.50. The molecule has 3 N–H and O–H groups in total. The number of nitrogens with zero attached hydrogens (tertiary/aromatic N) is 1. The second kappa shape index (κ2) is 12.4. The zero-order chi connectivity index (χ0) is 24.5. The molecule has 0 aliphatic heterocycles. The van der Waals surface area contributed by atoms with E-state index in [-0.39, 0.29) is 5.91 Å². The highest BCUT2D eigenvalue weighted by Gasteiger charge is 2.25. The average molecular weight is 519 g/mol. The van der Waals surface area contributed by atoms with Crippen molar-refractivity contribution in [3.8, 4) is 5.75 Å². The topological polar surface area (TPSA) is 82.7 Å². The molecule has 0 fully saturated rings. The summed E-state index contributed by atoms with van der Waals surface area (Å²) in [7, 11) is 3.24. The maximum atomic E-state index is 13.3. The van der Waals surface area contributed by atoms with Crippen molar-refractivity contribution in [3.63, 3.8) is 0 Å². The van der Waals surface area contributed by atoms with Gasteiger partial charge in [0, 0.05) is 19.2 Å². The Bertz CT molecular complexity index is 1120. The number of likely N-dealkylation sites (N-methyl/N-ethyl adjacent to an activating group) is 1. The Morgan fingerprint density at radius 2 is 1.71 bits per heavy atom. The number of benzene rings is 3. The first kappa shape index (κ1) is 25.6. The van der Waals surface area contributed by atoms with E-state index in [2.05, 4.69) is 14.8 Å². The highest BCUT2D eigenvalue weighted by molar-refractivity contribution is 7.99. The molecule has 10 heteroatoms. The number of ether oxygens (including phenoxy) is 1. The number of hydrogen-bond acceptors (Lipinski definition) is 5. The molecular formula is C24H24Cl2N4O3S. The number of carbonyl (C=O) groups is 2. The van der Waals surface area contributed by atoms with Crippen molar-refractivity contribution in [1.82, 2.24) is 10.0 Å². The zero-order valence-electron chi connectivity index (χ0n) is 18.5. The van der Waals surface area contributed by atoms with E-state index in [0.717, 1.165) is 17.7 Å². The van der Waals surface area contributed by atoms with E-state index in [4.69, 9.17) is 27.9 Å². The number of urea groups is 1. The molecule has 3 rings (SSSR count). The molecule has 34 heavy (non-hydrogen) atoms. The van der Waals surface area contributed by atoms with E-state index in [0.29, 0.717) is 33.6 Å². The molecular weight excluding hydrogens is 495 g/mol. The normalized spacial score (nSPS) is 11.3. The second-order valence-corrected chi connectivity index (χ2v) is 8.62. The Kier molecular flexibility index (Phi) is 9.33. The van der Waals surface area contributed by atoms with Crippen LogP contribution in [-0.2, 0) is 11.2 Å². The average Bonchev–Trinajstić information content (AvgIpc) is 2.86. The summed E-state index contributed by atoms with van der Waals surface area (Å²) < 4.78 is 10.7. The predicted molar refractivity (Wildman–Crippen MR) is 140 cm³/mol. The van der Waals surface area contributed by atoms with Crippen molar-refractivity contribution in [3.05, 3.63) is 88.4 Å². The third-order valence-electron chi connectivity index (χ3n) is 4.93. The van der Waals surface area contributed by atoms with Crippen LogP contribution in [0.15, 0.2) is 72.8 Å². The fourth-order valence-corrected chi connectivity index (χ4v) is 4.00. The number of halogens is 2. The van der Waals surface area contributed by atoms with Crippen molar-refractivity contribution in [2.24, 2.45) is 0 Å². The lowest BCUT2D eigenvalue weighted by Gasteiger charge is -2.25. The third kappa shape index (κ3) is 6.96. The van der Waals surface area contributed by atoms with Crippen LogP contribution in [0.1, 0.15) is 5.56 Å². The van der Waals surface area contributed by atoms with Gasteiger partial charge in [0.15, 0.2) is 0 Å². The van der Waals surface area contributed by atoms with E-state index in [1.54, 1.807) is 56.6 Å². The van der Waals surface area contributed by atoms with Crippen LogP contribution in [0.4, 0.5) is 16.2 Å². The molecule has 3 aromatic carbocycles. The lowest BCUT2D eigenvalue weighted by atomic mass is 10.0. The smallest absolute Gasteiger partial charge is 0.326 e. The molecule has 1 unspecified atom stereocenters. The van der Waals surface area contributed by atoms with Crippen LogP contribution in [-0.4, -0.2) is 32.1 Å². The van der Waals surface area contributed by atoms with Gasteiger partial charge in [-0.15, -0.1) is 0 Å². The number of rotatable bonds is 9. The third-order valence-corrected chi connectivity index (χ3v) is 6.36. The Hall–Kier alpha value is -3.07. The maximum Gasteiger partial charge on any atom is 0.326 e. The monoisotopic (exact) mass is 518 g/mol. The molecule has 0 aliphatic carbocycles. The lowest BCUT2D eigenvalue weighted by molar-refractivity contribution is -0.120. The van der Waals surface area contributed by atoms with Crippen molar-refractivity contribution < 1.29 is 14.3 Å². The van der Waals surface area contributed by atoms with Gasteiger partial charge in [0.2, 0.25) is 5.91 Å². The van der Waals surface area contributed by atoms with Gasteiger partial charge in [-0.3, -0.25) is 9.52 Å². The van der Waals surface area contributed by atoms with Gasteiger partial charge in [0.25, 0.3) is 0 Å². The molecule has 0 saturated heterocycles. The highest BCUT2D eigenvalue weighted by Crippen LogP contribution is 2.30. The fraction of sp³-hybridized carbons (Fsp3) is 0.167. The summed E-state index contributed by atoms with van der Waals surface area (Å²) >= 11 is 13.1. The fourth-order valence-electron chi connectivity index (χ4n) is 3.11. The molecule has 178 valence electrons. The number of amides is 3. The van der Waals surface area contributed by atoms with Gasteiger partial charge in [0.05, 0.1) is 35.0 Å². The Labute approximate surface area is 213 Å². The largest absolute Gasteiger partial charge is 0.497 e. The first-order valence-electron chi connectivity index (χ1n) is 10.3. The van der Waals surface area contributed by atoms with Gasteiger partial charge < -0.3 is 19.7 Å². The summed E-state index contributed by atoms with van der Waals surface area (Å²) in [6.07, 6.45) is 0.325. The molecule has 3 amide bonds. The maximum absolute atomic E-state index is 13.3. The summed E-state index contributed by atoms with van der Waals surface area (Å²) in [6.45, 7) is 0. The minimum Gasteiger partial charge on any atom is -0.497 e. The quantitative estimate of drug-likeness (QED) is 0.323. The van der Waals surface area contributed by atoms with Crippen LogP contribution < -0.4 is 24.4 Å². The van der Waals surface area contributed by atoms with Gasteiger partial charge in [0.1, 0.15) is 11.8 Å². The van der Waals surface area contributed by atoms with E-state index < -0.39 is 12.1 Å². The van der Waals surface area contributed by atoms with Gasteiger partial charge in [-0.25, -0.2) is 4.79 Å². The van der Waals surface area contributed by atoms with Crippen LogP contribution in [0.5, 0.6) is 5.75 Å². The molecule has 1 atom stereocenters. The van der Waals surface area contributed by atoms with Crippen LogP contribution in [0, 0.1) is 0 Å². The molecule has 3 aromatic rings. The summed E-state index contributed by atoms with van der Waals surface area (Å²) in [4.78, 5) is 27.4. The van der Waals surface area contributed by atoms with Gasteiger partial charge in [-0.2, -0.15) is 0 Å². The second-order valence-electron chi connectivity index (χ2n) is 7.22. The van der Waals surface area contributed by atoms with Gasteiger partial charge >= 0.3 is 6.03 Å². The zero-order valence-corrected chi connectivity index (χ0v) is 20.9. The standard InChI is InChI=1S/C24H24Cl2N4O3S/c1-30(17-11-13-18(33-2)14-12-17)23(31)21(15-16-7-4-3-5-8-16)27-24(32)29-34-28-20-10-6-9-19(25)22(20)26/h3-14,21,28H,15H2,1-2H3,(H2,27,29,32). The van der Waals surface area contributed by atoms with Crippen molar-refractivity contribution in [2.45, 2.75) is 12.5 Å². The SMILES string of the molecule is COc1ccc(N(C)C(=O)C(Cc2ccccc2)NC(=O)NSNc2cccc(Cl)c2Cl)cc1. The molecule has 0 saturated carbocycles. The summed E-state index contributed by atoms with van der Waals surface area (Å²) in [5.41, 5.74) is 2.15. The first-order chi connectivity index (χ1) is 16.4. The van der Waals surface area contributed by atoms with Crippen LogP contribution >= 0.6 is 35.3 Å². The minimum absolute atomic E-state index is 0.264.